The van der Waals surface area contributed by atoms with Crippen LogP contribution >= 0.6 is 27.5 Å². The summed E-state index contributed by atoms with van der Waals surface area (Å²) < 4.78 is 16.5. The second kappa shape index (κ2) is 9.44. The Bertz CT molecular complexity index is 1370. The normalized spacial score (nSPS) is 14.6. The van der Waals surface area contributed by atoms with Crippen LogP contribution in [0.3, 0.4) is 0 Å². The van der Waals surface area contributed by atoms with E-state index in [2.05, 4.69) is 26.6 Å². The zero-order valence-corrected chi connectivity index (χ0v) is 20.5. The molecule has 10 heteroatoms. The van der Waals surface area contributed by atoms with Gasteiger partial charge >= 0.3 is 6.03 Å². The molecule has 4 rings (SSSR count). The van der Waals surface area contributed by atoms with Crippen LogP contribution in [0.5, 0.6) is 0 Å². The first-order chi connectivity index (χ1) is 16.2. The number of benzene rings is 2. The van der Waals surface area contributed by atoms with E-state index in [1.165, 1.54) is 18.2 Å². The first kappa shape index (κ1) is 23.7. The summed E-state index contributed by atoms with van der Waals surface area (Å²) >= 11 is 9.62. The van der Waals surface area contributed by atoms with Gasteiger partial charge in [-0.25, -0.2) is 14.1 Å². The molecule has 0 atom stereocenters. The number of anilines is 1. The fourth-order valence-electron chi connectivity index (χ4n) is 3.72. The number of urea groups is 1. The van der Waals surface area contributed by atoms with E-state index in [1.54, 1.807) is 12.1 Å². The monoisotopic (exact) mass is 544 g/mol. The van der Waals surface area contributed by atoms with Crippen LogP contribution in [0.2, 0.25) is 5.02 Å². The second-order valence-corrected chi connectivity index (χ2v) is 8.93. The van der Waals surface area contributed by atoms with E-state index in [0.29, 0.717) is 5.02 Å². The van der Waals surface area contributed by atoms with E-state index in [4.69, 9.17) is 11.6 Å². The van der Waals surface area contributed by atoms with Gasteiger partial charge in [-0.15, -0.1) is 0 Å². The smallest absolute Gasteiger partial charge is 0.322 e. The maximum absolute atomic E-state index is 13.8. The lowest BCUT2D eigenvalue weighted by Gasteiger charge is -2.12. The van der Waals surface area contributed by atoms with E-state index >= 15 is 0 Å². The number of amides is 4. The van der Waals surface area contributed by atoms with Crippen molar-refractivity contribution in [2.24, 2.45) is 0 Å². The number of carbonyl (C=O) groups excluding carboxylic acids is 3. The minimum absolute atomic E-state index is 0.0317. The van der Waals surface area contributed by atoms with Crippen molar-refractivity contribution in [1.82, 2.24) is 14.8 Å². The maximum atomic E-state index is 13.8. The lowest BCUT2D eigenvalue weighted by atomic mass is 10.2. The standard InChI is InChI=1S/C24H19BrClFN4O3/c1-13-9-15(14(2)31(13)16-7-8-17(25)18(26)11-16)10-21-23(33)30(24(34)29-21)12-22(32)28-20-6-4-3-5-19(20)27/h3-11H,12H2,1-2H3,(H,28,32)(H,29,34)/b21-10+. The summed E-state index contributed by atoms with van der Waals surface area (Å²) in [6, 6.07) is 12.4. The molecule has 174 valence electrons. The van der Waals surface area contributed by atoms with Gasteiger partial charge < -0.3 is 15.2 Å². The van der Waals surface area contributed by atoms with Crippen LogP contribution in [0.15, 0.2) is 58.7 Å². The quantitative estimate of drug-likeness (QED) is 0.342. The highest BCUT2D eigenvalue weighted by molar-refractivity contribution is 9.10. The molecule has 1 aliphatic rings. The number of aryl methyl sites for hydroxylation is 1. The third-order valence-corrected chi connectivity index (χ3v) is 6.58. The summed E-state index contributed by atoms with van der Waals surface area (Å²) in [5.41, 5.74) is 3.31. The van der Waals surface area contributed by atoms with Crippen molar-refractivity contribution in [2.75, 3.05) is 11.9 Å². The van der Waals surface area contributed by atoms with E-state index in [1.807, 2.05) is 42.7 Å². The van der Waals surface area contributed by atoms with Gasteiger partial charge in [-0.2, -0.15) is 0 Å². The van der Waals surface area contributed by atoms with Crippen molar-refractivity contribution in [3.05, 3.63) is 86.5 Å². The van der Waals surface area contributed by atoms with Gasteiger partial charge in [0, 0.05) is 21.5 Å². The Hall–Kier alpha value is -3.43. The predicted molar refractivity (Wildman–Crippen MR) is 131 cm³/mol. The first-order valence-corrected chi connectivity index (χ1v) is 11.4. The van der Waals surface area contributed by atoms with Crippen LogP contribution < -0.4 is 10.6 Å². The highest BCUT2D eigenvalue weighted by Gasteiger charge is 2.35. The molecule has 1 fully saturated rings. The average molecular weight is 546 g/mol. The molecule has 0 bridgehead atoms. The molecule has 1 aliphatic heterocycles. The van der Waals surface area contributed by atoms with Crippen molar-refractivity contribution < 1.29 is 18.8 Å². The number of halogens is 3. The summed E-state index contributed by atoms with van der Waals surface area (Å²) in [6.45, 7) is 3.25. The van der Waals surface area contributed by atoms with Crippen molar-refractivity contribution in [3.8, 4) is 5.69 Å². The lowest BCUT2D eigenvalue weighted by molar-refractivity contribution is -0.127. The van der Waals surface area contributed by atoms with Gasteiger partial charge in [-0.05, 0) is 77.8 Å². The molecule has 1 saturated heterocycles. The average Bonchev–Trinajstić information content (AvgIpc) is 3.21. The number of para-hydroxylation sites is 1. The molecule has 3 aromatic rings. The van der Waals surface area contributed by atoms with Crippen molar-refractivity contribution in [3.63, 3.8) is 0 Å². The van der Waals surface area contributed by atoms with Crippen molar-refractivity contribution in [2.45, 2.75) is 13.8 Å². The molecule has 0 aliphatic carbocycles. The van der Waals surface area contributed by atoms with Crippen LogP contribution in [0.4, 0.5) is 14.9 Å². The van der Waals surface area contributed by atoms with Gasteiger partial charge in [-0.1, -0.05) is 23.7 Å². The van der Waals surface area contributed by atoms with Crippen LogP contribution in [0.25, 0.3) is 11.8 Å². The Morgan fingerprint density at radius 3 is 2.62 bits per heavy atom. The van der Waals surface area contributed by atoms with Gasteiger partial charge in [0.15, 0.2) is 0 Å². The molecule has 2 N–H and O–H groups in total. The molecule has 2 aromatic carbocycles. The Labute approximate surface area is 208 Å². The van der Waals surface area contributed by atoms with E-state index in [9.17, 15) is 18.8 Å². The molecular weight excluding hydrogens is 527 g/mol. The van der Waals surface area contributed by atoms with E-state index in [0.717, 1.165) is 32.0 Å². The molecule has 2 heterocycles. The van der Waals surface area contributed by atoms with Crippen LogP contribution in [-0.2, 0) is 9.59 Å². The third kappa shape index (κ3) is 4.62. The minimum Gasteiger partial charge on any atom is -0.322 e. The first-order valence-electron chi connectivity index (χ1n) is 10.2. The number of aromatic nitrogens is 1. The maximum Gasteiger partial charge on any atom is 0.329 e. The van der Waals surface area contributed by atoms with Gasteiger partial charge in [0.25, 0.3) is 5.91 Å². The number of hydrogen-bond acceptors (Lipinski definition) is 3. The SMILES string of the molecule is Cc1cc(/C=C2/NC(=O)N(CC(=O)Nc3ccccc3F)C2=O)c(C)n1-c1ccc(Br)c(Cl)c1. The molecule has 0 spiro atoms. The van der Waals surface area contributed by atoms with E-state index in [-0.39, 0.29) is 11.4 Å². The summed E-state index contributed by atoms with van der Waals surface area (Å²) in [7, 11) is 0. The molecule has 0 radical (unpaired) electrons. The summed E-state index contributed by atoms with van der Waals surface area (Å²) in [5, 5.41) is 5.43. The number of nitrogens with one attached hydrogen (secondary N) is 2. The van der Waals surface area contributed by atoms with Crippen LogP contribution in [0, 0.1) is 19.7 Å². The second-order valence-electron chi connectivity index (χ2n) is 7.67. The summed E-state index contributed by atoms with van der Waals surface area (Å²) in [4.78, 5) is 38.3. The number of hydrogen-bond donors (Lipinski definition) is 2. The Morgan fingerprint density at radius 2 is 1.91 bits per heavy atom. The van der Waals surface area contributed by atoms with E-state index < -0.39 is 30.2 Å². The predicted octanol–water partition coefficient (Wildman–Crippen LogP) is 5.18. The summed E-state index contributed by atoms with van der Waals surface area (Å²) in [6.07, 6.45) is 1.56. The Morgan fingerprint density at radius 1 is 1.18 bits per heavy atom. The fraction of sp³-hybridized carbons (Fsp3) is 0.125. The number of rotatable bonds is 5. The lowest BCUT2D eigenvalue weighted by Crippen LogP contribution is -2.38. The van der Waals surface area contributed by atoms with Gasteiger partial charge in [-0.3, -0.25) is 9.59 Å². The van der Waals surface area contributed by atoms with Gasteiger partial charge in [0.05, 0.1) is 10.7 Å². The Kier molecular flexibility index (Phi) is 6.58. The topological polar surface area (TPSA) is 83.4 Å². The fourth-order valence-corrected chi connectivity index (χ4v) is 4.14. The zero-order valence-electron chi connectivity index (χ0n) is 18.2. The van der Waals surface area contributed by atoms with Crippen molar-refractivity contribution in [1.29, 1.82) is 0 Å². The van der Waals surface area contributed by atoms with Crippen LogP contribution in [0.1, 0.15) is 17.0 Å². The number of nitrogens with zero attached hydrogens (tertiary/aromatic N) is 2. The van der Waals surface area contributed by atoms with Gasteiger partial charge in [0.1, 0.15) is 18.1 Å². The zero-order chi connectivity index (χ0) is 24.6. The molecular formula is C24H19BrClFN4O3. The molecule has 34 heavy (non-hydrogen) atoms. The minimum atomic E-state index is -0.728. The highest BCUT2D eigenvalue weighted by atomic mass is 79.9. The third-order valence-electron chi connectivity index (χ3n) is 5.34. The molecule has 0 unspecified atom stereocenters. The molecule has 7 nitrogen and oxygen atoms in total. The highest BCUT2D eigenvalue weighted by Crippen LogP contribution is 2.29. The van der Waals surface area contributed by atoms with Gasteiger partial charge in [0.2, 0.25) is 5.91 Å². The molecule has 1 aromatic heterocycles. The summed E-state index contributed by atoms with van der Waals surface area (Å²) in [5.74, 6) is -1.96. The number of imide groups is 1. The van der Waals surface area contributed by atoms with Crippen molar-refractivity contribution >= 4 is 57.1 Å². The molecule has 4 amide bonds. The molecule has 0 saturated carbocycles. The number of carbonyl (C=O) groups is 3. The largest absolute Gasteiger partial charge is 0.329 e. The Balaban J connectivity index is 1.55. The van der Waals surface area contributed by atoms with Crippen LogP contribution in [-0.4, -0.2) is 33.9 Å².